The Bertz CT molecular complexity index is 814. The van der Waals surface area contributed by atoms with Crippen molar-refractivity contribution in [2.24, 2.45) is 17.3 Å². The minimum absolute atomic E-state index is 0.0421. The highest BCUT2D eigenvalue weighted by molar-refractivity contribution is 6.01. The molecule has 2 fully saturated rings. The molecule has 29 heavy (non-hydrogen) atoms. The first kappa shape index (κ1) is 21.6. The van der Waals surface area contributed by atoms with Crippen LogP contribution in [-0.4, -0.2) is 29.3 Å². The number of aryl methyl sites for hydroxylation is 1. The van der Waals surface area contributed by atoms with E-state index in [9.17, 15) is 9.59 Å². The maximum atomic E-state index is 13.6. The molecule has 1 aromatic rings. The minimum atomic E-state index is -0.758. The number of likely N-dealkylation sites (N-methyl/N-ethyl adjacent to an activating group) is 1. The van der Waals surface area contributed by atoms with Crippen LogP contribution in [0.3, 0.4) is 0 Å². The van der Waals surface area contributed by atoms with Crippen molar-refractivity contribution in [3.63, 3.8) is 0 Å². The van der Waals surface area contributed by atoms with E-state index >= 15 is 0 Å². The molecule has 0 radical (unpaired) electrons. The zero-order valence-corrected chi connectivity index (χ0v) is 18.8. The molecular formula is C25H36N2O2. The number of rotatable bonds is 5. The first-order valence-corrected chi connectivity index (χ1v) is 10.9. The van der Waals surface area contributed by atoms with Crippen molar-refractivity contribution >= 4 is 17.5 Å². The van der Waals surface area contributed by atoms with E-state index in [-0.39, 0.29) is 29.1 Å². The molecule has 0 aromatic heterocycles. The van der Waals surface area contributed by atoms with E-state index in [1.807, 2.05) is 38.2 Å². The molecule has 2 aliphatic carbocycles. The normalized spacial score (nSPS) is 24.3. The smallest absolute Gasteiger partial charge is 0.250 e. The van der Waals surface area contributed by atoms with Crippen molar-refractivity contribution in [1.82, 2.24) is 4.90 Å². The second kappa shape index (κ2) is 7.97. The van der Waals surface area contributed by atoms with Crippen molar-refractivity contribution in [3.05, 3.63) is 41.5 Å². The molecule has 2 amide bonds. The van der Waals surface area contributed by atoms with E-state index in [4.69, 9.17) is 0 Å². The molecule has 2 atom stereocenters. The maximum Gasteiger partial charge on any atom is 0.250 e. The Morgan fingerprint density at radius 3 is 2.31 bits per heavy atom. The Balaban J connectivity index is 1.86. The Hall–Kier alpha value is -2.10. The first-order chi connectivity index (χ1) is 13.6. The summed E-state index contributed by atoms with van der Waals surface area (Å²) in [6.45, 7) is 10.5. The number of anilines is 1. The molecule has 4 nitrogen and oxygen atoms in total. The second-order valence-electron chi connectivity index (χ2n) is 9.83. The second-order valence-corrected chi connectivity index (χ2v) is 9.83. The van der Waals surface area contributed by atoms with Crippen LogP contribution in [0.4, 0.5) is 5.69 Å². The summed E-state index contributed by atoms with van der Waals surface area (Å²) in [6, 6.07) is 7.83. The SMILES string of the molecule is CC(C)=C[C@@H]1[C@@H](C(=O)N(C)C2(C(=O)Nc3ccccc3C)CCCCC2)C1(C)C. The average Bonchev–Trinajstić information content (AvgIpc) is 3.21. The van der Waals surface area contributed by atoms with Gasteiger partial charge in [0.25, 0.3) is 0 Å². The highest BCUT2D eigenvalue weighted by atomic mass is 16.2. The first-order valence-electron chi connectivity index (χ1n) is 10.9. The van der Waals surface area contributed by atoms with Crippen molar-refractivity contribution in [2.75, 3.05) is 12.4 Å². The fraction of sp³-hybridized carbons (Fsp3) is 0.600. The van der Waals surface area contributed by atoms with Gasteiger partial charge >= 0.3 is 0 Å². The molecule has 0 bridgehead atoms. The molecule has 3 rings (SSSR count). The van der Waals surface area contributed by atoms with Crippen LogP contribution in [0.25, 0.3) is 0 Å². The number of allylic oxidation sites excluding steroid dienone is 2. The molecule has 0 heterocycles. The zero-order chi connectivity index (χ0) is 21.4. The lowest BCUT2D eigenvalue weighted by Crippen LogP contribution is -2.59. The monoisotopic (exact) mass is 396 g/mol. The van der Waals surface area contributed by atoms with Gasteiger partial charge in [-0.05, 0) is 56.6 Å². The number of para-hydroxylation sites is 1. The van der Waals surface area contributed by atoms with E-state index < -0.39 is 5.54 Å². The van der Waals surface area contributed by atoms with Crippen LogP contribution in [0.15, 0.2) is 35.9 Å². The fourth-order valence-electron chi connectivity index (χ4n) is 5.04. The summed E-state index contributed by atoms with van der Waals surface area (Å²) in [5.74, 6) is 0.272. The van der Waals surface area contributed by atoms with Crippen LogP contribution in [0.2, 0.25) is 0 Å². The Labute approximate surface area is 175 Å². The summed E-state index contributed by atoms with van der Waals surface area (Å²) in [5, 5.41) is 3.14. The van der Waals surface area contributed by atoms with Crippen molar-refractivity contribution in [2.45, 2.75) is 72.3 Å². The van der Waals surface area contributed by atoms with Gasteiger partial charge in [-0.1, -0.05) is 63.0 Å². The Kier molecular flexibility index (Phi) is 5.93. The quantitative estimate of drug-likeness (QED) is 0.684. The zero-order valence-electron chi connectivity index (χ0n) is 18.8. The van der Waals surface area contributed by atoms with Gasteiger partial charge in [-0.2, -0.15) is 0 Å². The molecule has 1 aromatic carbocycles. The van der Waals surface area contributed by atoms with Gasteiger partial charge in [-0.15, -0.1) is 0 Å². The van der Waals surface area contributed by atoms with Gasteiger partial charge in [0, 0.05) is 12.7 Å². The van der Waals surface area contributed by atoms with Gasteiger partial charge in [-0.25, -0.2) is 0 Å². The van der Waals surface area contributed by atoms with E-state index in [0.717, 1.165) is 43.4 Å². The molecule has 1 N–H and O–H groups in total. The molecule has 2 aliphatic rings. The lowest BCUT2D eigenvalue weighted by Gasteiger charge is -2.43. The molecule has 2 saturated carbocycles. The predicted molar refractivity (Wildman–Crippen MR) is 119 cm³/mol. The summed E-state index contributed by atoms with van der Waals surface area (Å²) >= 11 is 0. The molecule has 0 aliphatic heterocycles. The lowest BCUT2D eigenvalue weighted by atomic mass is 9.79. The van der Waals surface area contributed by atoms with Crippen LogP contribution in [-0.2, 0) is 9.59 Å². The van der Waals surface area contributed by atoms with Gasteiger partial charge in [0.1, 0.15) is 5.54 Å². The standard InChI is InChI=1S/C25H36N2O2/c1-17(2)16-19-21(24(19,4)5)22(28)27(6)25(14-10-7-11-15-25)23(29)26-20-13-9-8-12-18(20)3/h8-9,12-13,16,19,21H,7,10-11,14-15H2,1-6H3,(H,26,29)/t19-,21+/m1/s1. The number of carbonyl (C=O) groups is 2. The summed E-state index contributed by atoms with van der Waals surface area (Å²) in [5.41, 5.74) is 2.30. The molecule has 0 unspecified atom stereocenters. The summed E-state index contributed by atoms with van der Waals surface area (Å²) in [7, 11) is 1.85. The molecule has 0 spiro atoms. The Morgan fingerprint density at radius 1 is 1.10 bits per heavy atom. The third-order valence-corrected chi connectivity index (χ3v) is 7.16. The molecule has 0 saturated heterocycles. The van der Waals surface area contributed by atoms with Gasteiger partial charge in [-0.3, -0.25) is 9.59 Å². The Morgan fingerprint density at radius 2 is 1.72 bits per heavy atom. The third kappa shape index (κ3) is 3.99. The number of nitrogens with one attached hydrogen (secondary N) is 1. The van der Waals surface area contributed by atoms with Crippen LogP contribution in [0, 0.1) is 24.2 Å². The van der Waals surface area contributed by atoms with Gasteiger partial charge < -0.3 is 10.2 Å². The van der Waals surface area contributed by atoms with Crippen LogP contribution in [0.1, 0.15) is 65.4 Å². The fourth-order valence-corrected chi connectivity index (χ4v) is 5.04. The highest BCUT2D eigenvalue weighted by Crippen LogP contribution is 2.60. The molecule has 4 heteroatoms. The third-order valence-electron chi connectivity index (χ3n) is 7.16. The van der Waals surface area contributed by atoms with Gasteiger partial charge in [0.05, 0.1) is 5.92 Å². The number of nitrogens with zero attached hydrogens (tertiary/aromatic N) is 1. The van der Waals surface area contributed by atoms with E-state index in [1.54, 1.807) is 4.90 Å². The average molecular weight is 397 g/mol. The van der Waals surface area contributed by atoms with Crippen LogP contribution in [0.5, 0.6) is 0 Å². The largest absolute Gasteiger partial charge is 0.331 e. The number of hydrogen-bond acceptors (Lipinski definition) is 2. The summed E-state index contributed by atoms with van der Waals surface area (Å²) in [6.07, 6.45) is 6.75. The number of hydrogen-bond donors (Lipinski definition) is 1. The lowest BCUT2D eigenvalue weighted by molar-refractivity contribution is -0.147. The van der Waals surface area contributed by atoms with Crippen molar-refractivity contribution in [1.29, 1.82) is 0 Å². The number of carbonyl (C=O) groups excluding carboxylic acids is 2. The van der Waals surface area contributed by atoms with Gasteiger partial charge in [0.2, 0.25) is 11.8 Å². The highest BCUT2D eigenvalue weighted by Gasteiger charge is 2.62. The van der Waals surface area contributed by atoms with Crippen molar-refractivity contribution in [3.8, 4) is 0 Å². The van der Waals surface area contributed by atoms with Crippen molar-refractivity contribution < 1.29 is 9.59 Å². The maximum absolute atomic E-state index is 13.6. The number of amides is 2. The predicted octanol–water partition coefficient (Wildman–Crippen LogP) is 5.33. The van der Waals surface area contributed by atoms with E-state index in [0.29, 0.717) is 0 Å². The van der Waals surface area contributed by atoms with E-state index in [2.05, 4.69) is 39.1 Å². The molecular weight excluding hydrogens is 360 g/mol. The van der Waals surface area contributed by atoms with Gasteiger partial charge in [0.15, 0.2) is 0 Å². The van der Waals surface area contributed by atoms with Crippen LogP contribution >= 0.6 is 0 Å². The van der Waals surface area contributed by atoms with E-state index in [1.165, 1.54) is 5.57 Å². The summed E-state index contributed by atoms with van der Waals surface area (Å²) < 4.78 is 0. The minimum Gasteiger partial charge on any atom is -0.331 e. The van der Waals surface area contributed by atoms with Crippen LogP contribution < -0.4 is 5.32 Å². The molecule has 158 valence electrons. The topological polar surface area (TPSA) is 49.4 Å². The summed E-state index contributed by atoms with van der Waals surface area (Å²) in [4.78, 5) is 28.9. The number of benzene rings is 1.